The van der Waals surface area contributed by atoms with Crippen LogP contribution >= 0.6 is 0 Å². The average molecular weight is 420 g/mol. The van der Waals surface area contributed by atoms with Crippen LogP contribution < -0.4 is 5.32 Å². The molecule has 4 rings (SSSR count). The van der Waals surface area contributed by atoms with Gasteiger partial charge in [-0.3, -0.25) is 9.59 Å². The first kappa shape index (κ1) is 20.8. The summed E-state index contributed by atoms with van der Waals surface area (Å²) in [6.45, 7) is 2.46. The SMILES string of the molecule is C[C@H](NC(=O)[C@H](O)[C@@H](O)C(=O)N1Cc2ccccc2C1)c1ccc(-n2ccnc2)cc1. The van der Waals surface area contributed by atoms with Crippen LogP contribution in [0.2, 0.25) is 0 Å². The topological polar surface area (TPSA) is 108 Å². The number of nitrogens with zero attached hydrogens (tertiary/aromatic N) is 3. The zero-order valence-corrected chi connectivity index (χ0v) is 17.0. The normalized spacial score (nSPS) is 15.8. The number of aliphatic hydroxyl groups is 2. The van der Waals surface area contributed by atoms with Gasteiger partial charge in [0, 0.05) is 31.2 Å². The van der Waals surface area contributed by atoms with Crippen LogP contribution in [-0.4, -0.2) is 48.7 Å². The highest BCUT2D eigenvalue weighted by molar-refractivity contribution is 5.91. The van der Waals surface area contributed by atoms with Gasteiger partial charge in [-0.05, 0) is 35.7 Å². The van der Waals surface area contributed by atoms with E-state index < -0.39 is 30.1 Å². The van der Waals surface area contributed by atoms with Crippen LogP contribution in [0.4, 0.5) is 0 Å². The zero-order chi connectivity index (χ0) is 22.0. The van der Waals surface area contributed by atoms with Crippen molar-refractivity contribution in [3.8, 4) is 5.69 Å². The fourth-order valence-corrected chi connectivity index (χ4v) is 3.68. The molecule has 0 saturated heterocycles. The molecule has 2 amide bonds. The van der Waals surface area contributed by atoms with Gasteiger partial charge in [0.1, 0.15) is 0 Å². The van der Waals surface area contributed by atoms with Crippen molar-refractivity contribution < 1.29 is 19.8 Å². The summed E-state index contributed by atoms with van der Waals surface area (Å²) in [5.41, 5.74) is 3.73. The van der Waals surface area contributed by atoms with Crippen LogP contribution in [0.3, 0.4) is 0 Å². The Labute approximate surface area is 179 Å². The number of fused-ring (bicyclic) bond motifs is 1. The maximum absolute atomic E-state index is 12.6. The number of carbonyl (C=O) groups is 2. The third-order valence-corrected chi connectivity index (χ3v) is 5.53. The van der Waals surface area contributed by atoms with Gasteiger partial charge in [-0.25, -0.2) is 4.98 Å². The van der Waals surface area contributed by atoms with Crippen LogP contribution in [0.5, 0.6) is 0 Å². The van der Waals surface area contributed by atoms with Crippen molar-refractivity contribution in [2.75, 3.05) is 0 Å². The van der Waals surface area contributed by atoms with E-state index in [1.807, 2.05) is 59.3 Å². The van der Waals surface area contributed by atoms with Crippen LogP contribution in [0.25, 0.3) is 5.69 Å². The highest BCUT2D eigenvalue weighted by Crippen LogP contribution is 2.23. The molecular formula is C23H24N4O4. The van der Waals surface area contributed by atoms with E-state index in [2.05, 4.69) is 10.3 Å². The third-order valence-electron chi connectivity index (χ3n) is 5.53. The molecule has 1 aliphatic rings. The number of amides is 2. The lowest BCUT2D eigenvalue weighted by atomic mass is 10.1. The Bertz CT molecular complexity index is 1040. The minimum atomic E-state index is -1.86. The lowest BCUT2D eigenvalue weighted by Crippen LogP contribution is -2.50. The van der Waals surface area contributed by atoms with Gasteiger partial charge in [0.15, 0.2) is 12.2 Å². The summed E-state index contributed by atoms with van der Waals surface area (Å²) >= 11 is 0. The Morgan fingerprint density at radius 2 is 1.65 bits per heavy atom. The molecule has 3 N–H and O–H groups in total. The van der Waals surface area contributed by atoms with Crippen LogP contribution in [0, 0.1) is 0 Å². The van der Waals surface area contributed by atoms with Crippen molar-refractivity contribution >= 4 is 11.8 Å². The quantitative estimate of drug-likeness (QED) is 0.557. The third kappa shape index (κ3) is 4.35. The molecule has 0 saturated carbocycles. The van der Waals surface area contributed by atoms with Crippen LogP contribution in [0.1, 0.15) is 29.7 Å². The highest BCUT2D eigenvalue weighted by atomic mass is 16.3. The first-order chi connectivity index (χ1) is 14.9. The molecule has 0 radical (unpaired) electrons. The summed E-state index contributed by atoms with van der Waals surface area (Å²) in [4.78, 5) is 30.5. The summed E-state index contributed by atoms with van der Waals surface area (Å²) in [6, 6.07) is 14.7. The van der Waals surface area contributed by atoms with Crippen molar-refractivity contribution in [2.45, 2.75) is 38.3 Å². The summed E-state index contributed by atoms with van der Waals surface area (Å²) in [7, 11) is 0. The smallest absolute Gasteiger partial charge is 0.255 e. The molecule has 0 fully saturated rings. The standard InChI is InChI=1S/C23H24N4O4/c1-15(16-6-8-19(9-7-16)26-11-10-24-14-26)25-22(30)20(28)21(29)23(31)27-12-17-4-2-3-5-18(17)13-27/h2-11,14-15,20-21,28-29H,12-13H2,1H3,(H,25,30)/t15-,20+,21+/m0/s1. The molecule has 8 nitrogen and oxygen atoms in total. The van der Waals surface area contributed by atoms with E-state index in [1.54, 1.807) is 19.4 Å². The number of aromatic nitrogens is 2. The maximum Gasteiger partial charge on any atom is 0.255 e. The van der Waals surface area contributed by atoms with Gasteiger partial charge < -0.3 is 25.0 Å². The minimum absolute atomic E-state index is 0.347. The Morgan fingerprint density at radius 3 is 2.23 bits per heavy atom. The predicted octanol–water partition coefficient (Wildman–Crippen LogP) is 1.31. The highest BCUT2D eigenvalue weighted by Gasteiger charge is 2.35. The zero-order valence-electron chi connectivity index (χ0n) is 17.0. The maximum atomic E-state index is 12.6. The number of imidazole rings is 1. The molecule has 0 bridgehead atoms. The summed E-state index contributed by atoms with van der Waals surface area (Å²) in [5, 5.41) is 23.2. The van der Waals surface area contributed by atoms with Gasteiger partial charge >= 0.3 is 0 Å². The van der Waals surface area contributed by atoms with Crippen LogP contribution in [-0.2, 0) is 22.7 Å². The number of nitrogens with one attached hydrogen (secondary N) is 1. The van der Waals surface area contributed by atoms with E-state index in [9.17, 15) is 19.8 Å². The molecule has 160 valence electrons. The average Bonchev–Trinajstić information content (AvgIpc) is 3.47. The van der Waals surface area contributed by atoms with E-state index in [0.717, 1.165) is 22.4 Å². The minimum Gasteiger partial charge on any atom is -0.380 e. The molecule has 1 aromatic heterocycles. The molecule has 0 spiro atoms. The largest absolute Gasteiger partial charge is 0.380 e. The predicted molar refractivity (Wildman–Crippen MR) is 113 cm³/mol. The lowest BCUT2D eigenvalue weighted by molar-refractivity contribution is -0.153. The van der Waals surface area contributed by atoms with Gasteiger partial charge in [-0.1, -0.05) is 36.4 Å². The lowest BCUT2D eigenvalue weighted by Gasteiger charge is -2.24. The summed E-state index contributed by atoms with van der Waals surface area (Å²) < 4.78 is 1.86. The monoisotopic (exact) mass is 420 g/mol. The van der Waals surface area contributed by atoms with Crippen molar-refractivity contribution in [3.63, 3.8) is 0 Å². The fourth-order valence-electron chi connectivity index (χ4n) is 3.68. The van der Waals surface area contributed by atoms with Gasteiger partial charge in [0.25, 0.3) is 11.8 Å². The summed E-state index contributed by atoms with van der Waals surface area (Å²) in [5.74, 6) is -1.47. The Hall–Kier alpha value is -3.49. The fraction of sp³-hybridized carbons (Fsp3) is 0.261. The van der Waals surface area contributed by atoms with Crippen molar-refractivity contribution in [1.82, 2.24) is 19.8 Å². The van der Waals surface area contributed by atoms with Crippen molar-refractivity contribution in [1.29, 1.82) is 0 Å². The molecular weight excluding hydrogens is 396 g/mol. The van der Waals surface area contributed by atoms with E-state index in [4.69, 9.17) is 0 Å². The molecule has 0 unspecified atom stereocenters. The molecule has 2 aromatic carbocycles. The van der Waals surface area contributed by atoms with Crippen molar-refractivity contribution in [2.24, 2.45) is 0 Å². The van der Waals surface area contributed by atoms with E-state index in [0.29, 0.717) is 13.1 Å². The van der Waals surface area contributed by atoms with E-state index in [1.165, 1.54) is 4.90 Å². The summed E-state index contributed by atoms with van der Waals surface area (Å²) in [6.07, 6.45) is 1.52. The first-order valence-electron chi connectivity index (χ1n) is 10.0. The van der Waals surface area contributed by atoms with E-state index >= 15 is 0 Å². The second-order valence-corrected chi connectivity index (χ2v) is 7.64. The second-order valence-electron chi connectivity index (χ2n) is 7.64. The van der Waals surface area contributed by atoms with Gasteiger partial charge in [0.05, 0.1) is 12.4 Å². The molecule has 1 aliphatic heterocycles. The second kappa shape index (κ2) is 8.71. The number of hydrogen-bond acceptors (Lipinski definition) is 5. The Balaban J connectivity index is 1.35. The van der Waals surface area contributed by atoms with Gasteiger partial charge in [0.2, 0.25) is 0 Å². The molecule has 0 aliphatic carbocycles. The Kier molecular flexibility index (Phi) is 5.83. The number of hydrogen-bond donors (Lipinski definition) is 3. The molecule has 31 heavy (non-hydrogen) atoms. The van der Waals surface area contributed by atoms with Gasteiger partial charge in [-0.2, -0.15) is 0 Å². The van der Waals surface area contributed by atoms with E-state index in [-0.39, 0.29) is 0 Å². The van der Waals surface area contributed by atoms with Crippen LogP contribution in [0.15, 0.2) is 67.3 Å². The first-order valence-corrected chi connectivity index (χ1v) is 10.0. The molecule has 2 heterocycles. The number of rotatable bonds is 6. The number of benzene rings is 2. The number of aliphatic hydroxyl groups excluding tert-OH is 2. The van der Waals surface area contributed by atoms with Gasteiger partial charge in [-0.15, -0.1) is 0 Å². The van der Waals surface area contributed by atoms with Crippen molar-refractivity contribution in [3.05, 3.63) is 83.9 Å². The molecule has 3 atom stereocenters. The Morgan fingerprint density at radius 1 is 1.00 bits per heavy atom. The molecule has 3 aromatic rings. The molecule has 8 heteroatoms. The number of carbonyl (C=O) groups excluding carboxylic acids is 2.